The van der Waals surface area contributed by atoms with Gasteiger partial charge in [-0.05, 0) is 32.1 Å². The Balaban J connectivity index is 2.17. The molecule has 1 aliphatic rings. The zero-order valence-corrected chi connectivity index (χ0v) is 7.42. The summed E-state index contributed by atoms with van der Waals surface area (Å²) in [6, 6.07) is 0. The molecule has 3 atom stereocenters. The summed E-state index contributed by atoms with van der Waals surface area (Å²) < 4.78 is 5.62. The van der Waals surface area contributed by atoms with Gasteiger partial charge in [-0.1, -0.05) is 6.92 Å². The Hall–Kier alpha value is -0.0800. The van der Waals surface area contributed by atoms with Gasteiger partial charge in [0.2, 0.25) is 0 Å². The Labute approximate surface area is 68.6 Å². The lowest BCUT2D eigenvalue weighted by Gasteiger charge is -2.14. The van der Waals surface area contributed by atoms with E-state index in [0.29, 0.717) is 18.1 Å². The summed E-state index contributed by atoms with van der Waals surface area (Å²) in [6.07, 6.45) is 4.22. The maximum Gasteiger partial charge on any atom is 0.0583 e. The van der Waals surface area contributed by atoms with Crippen molar-refractivity contribution in [2.24, 2.45) is 5.92 Å². The Morgan fingerprint density at radius 3 is 2.73 bits per heavy atom. The molecule has 1 rings (SSSR count). The molecule has 0 radical (unpaired) electrons. The van der Waals surface area contributed by atoms with E-state index in [0.717, 1.165) is 6.42 Å². The van der Waals surface area contributed by atoms with Gasteiger partial charge in [0.1, 0.15) is 0 Å². The second-order valence-electron chi connectivity index (χ2n) is 3.67. The van der Waals surface area contributed by atoms with Crippen LogP contribution >= 0.6 is 0 Å². The number of ether oxygens (including phenoxy) is 1. The van der Waals surface area contributed by atoms with Crippen LogP contribution in [-0.4, -0.2) is 23.9 Å². The molecule has 3 unspecified atom stereocenters. The summed E-state index contributed by atoms with van der Waals surface area (Å²) >= 11 is 0. The molecule has 1 saturated heterocycles. The molecule has 0 spiro atoms. The SMILES string of the molecule is CC(CO)CC1CCC(C)O1. The largest absolute Gasteiger partial charge is 0.396 e. The van der Waals surface area contributed by atoms with Crippen molar-refractivity contribution in [2.45, 2.75) is 45.3 Å². The zero-order chi connectivity index (χ0) is 8.27. The highest BCUT2D eigenvalue weighted by atomic mass is 16.5. The molecule has 0 aromatic carbocycles. The molecule has 0 bridgehead atoms. The van der Waals surface area contributed by atoms with E-state index in [2.05, 4.69) is 13.8 Å². The molecular weight excluding hydrogens is 140 g/mol. The first-order chi connectivity index (χ1) is 5.22. The van der Waals surface area contributed by atoms with E-state index in [4.69, 9.17) is 9.84 Å². The van der Waals surface area contributed by atoms with Crippen molar-refractivity contribution >= 4 is 0 Å². The van der Waals surface area contributed by atoms with Crippen LogP contribution in [0, 0.1) is 5.92 Å². The second kappa shape index (κ2) is 4.07. The predicted molar refractivity (Wildman–Crippen MR) is 44.4 cm³/mol. The van der Waals surface area contributed by atoms with E-state index in [-0.39, 0.29) is 6.61 Å². The van der Waals surface area contributed by atoms with Crippen molar-refractivity contribution < 1.29 is 9.84 Å². The van der Waals surface area contributed by atoms with Crippen LogP contribution in [0.4, 0.5) is 0 Å². The van der Waals surface area contributed by atoms with Crippen LogP contribution in [0.5, 0.6) is 0 Å². The van der Waals surface area contributed by atoms with Crippen molar-refractivity contribution in [1.82, 2.24) is 0 Å². The average molecular weight is 158 g/mol. The van der Waals surface area contributed by atoms with Gasteiger partial charge in [-0.15, -0.1) is 0 Å². The lowest BCUT2D eigenvalue weighted by Crippen LogP contribution is -2.14. The summed E-state index contributed by atoms with van der Waals surface area (Å²) in [5.74, 6) is 0.394. The number of hydrogen-bond donors (Lipinski definition) is 1. The zero-order valence-electron chi connectivity index (χ0n) is 7.42. The molecule has 11 heavy (non-hydrogen) atoms. The first-order valence-electron chi connectivity index (χ1n) is 4.48. The van der Waals surface area contributed by atoms with Crippen molar-refractivity contribution in [1.29, 1.82) is 0 Å². The third kappa shape index (κ3) is 2.80. The number of aliphatic hydroxyl groups excluding tert-OH is 1. The van der Waals surface area contributed by atoms with E-state index in [1.165, 1.54) is 12.8 Å². The van der Waals surface area contributed by atoms with E-state index >= 15 is 0 Å². The molecule has 1 N–H and O–H groups in total. The van der Waals surface area contributed by atoms with E-state index < -0.39 is 0 Å². The maximum absolute atomic E-state index is 8.81. The molecular formula is C9H18O2. The summed E-state index contributed by atoms with van der Waals surface area (Å²) in [6.45, 7) is 4.46. The van der Waals surface area contributed by atoms with Crippen LogP contribution in [0.2, 0.25) is 0 Å². The van der Waals surface area contributed by atoms with Crippen LogP contribution < -0.4 is 0 Å². The number of hydrogen-bond acceptors (Lipinski definition) is 2. The molecule has 0 aliphatic carbocycles. The van der Waals surface area contributed by atoms with Gasteiger partial charge in [0, 0.05) is 6.61 Å². The first kappa shape index (κ1) is 9.01. The predicted octanol–water partition coefficient (Wildman–Crippen LogP) is 1.57. The quantitative estimate of drug-likeness (QED) is 0.675. The van der Waals surface area contributed by atoms with Crippen LogP contribution in [0.1, 0.15) is 33.1 Å². The Morgan fingerprint density at radius 2 is 2.27 bits per heavy atom. The summed E-state index contributed by atoms with van der Waals surface area (Å²) in [5.41, 5.74) is 0. The van der Waals surface area contributed by atoms with Crippen molar-refractivity contribution in [3.63, 3.8) is 0 Å². The second-order valence-corrected chi connectivity index (χ2v) is 3.67. The highest BCUT2D eigenvalue weighted by molar-refractivity contribution is 4.72. The van der Waals surface area contributed by atoms with Gasteiger partial charge < -0.3 is 9.84 Å². The van der Waals surface area contributed by atoms with Gasteiger partial charge in [0.15, 0.2) is 0 Å². The fraction of sp³-hybridized carbons (Fsp3) is 1.00. The third-order valence-electron chi connectivity index (χ3n) is 2.30. The molecule has 0 aromatic rings. The molecule has 1 heterocycles. The minimum Gasteiger partial charge on any atom is -0.396 e. The fourth-order valence-electron chi connectivity index (χ4n) is 1.58. The molecule has 0 amide bonds. The van der Waals surface area contributed by atoms with E-state index in [1.54, 1.807) is 0 Å². The topological polar surface area (TPSA) is 29.5 Å². The number of rotatable bonds is 3. The van der Waals surface area contributed by atoms with Crippen molar-refractivity contribution in [3.05, 3.63) is 0 Å². The summed E-state index contributed by atoms with van der Waals surface area (Å²) in [7, 11) is 0. The Bertz CT molecular complexity index is 114. The third-order valence-corrected chi connectivity index (χ3v) is 2.30. The van der Waals surface area contributed by atoms with Crippen molar-refractivity contribution in [2.75, 3.05) is 6.61 Å². The fourth-order valence-corrected chi connectivity index (χ4v) is 1.58. The maximum atomic E-state index is 8.81. The van der Waals surface area contributed by atoms with Crippen LogP contribution in [0.15, 0.2) is 0 Å². The summed E-state index contributed by atoms with van der Waals surface area (Å²) in [5, 5.41) is 8.81. The van der Waals surface area contributed by atoms with E-state index in [9.17, 15) is 0 Å². The van der Waals surface area contributed by atoms with Gasteiger partial charge in [-0.3, -0.25) is 0 Å². The molecule has 0 aromatic heterocycles. The summed E-state index contributed by atoms with van der Waals surface area (Å²) in [4.78, 5) is 0. The average Bonchev–Trinajstić information content (AvgIpc) is 2.35. The molecule has 1 aliphatic heterocycles. The molecule has 1 fully saturated rings. The Morgan fingerprint density at radius 1 is 1.55 bits per heavy atom. The smallest absolute Gasteiger partial charge is 0.0583 e. The lowest BCUT2D eigenvalue weighted by atomic mass is 10.0. The molecule has 66 valence electrons. The van der Waals surface area contributed by atoms with Crippen molar-refractivity contribution in [3.8, 4) is 0 Å². The minimum absolute atomic E-state index is 0.286. The van der Waals surface area contributed by atoms with Gasteiger partial charge in [-0.2, -0.15) is 0 Å². The van der Waals surface area contributed by atoms with E-state index in [1.807, 2.05) is 0 Å². The van der Waals surface area contributed by atoms with Crippen LogP contribution in [0.3, 0.4) is 0 Å². The minimum atomic E-state index is 0.286. The highest BCUT2D eigenvalue weighted by Crippen LogP contribution is 2.24. The lowest BCUT2D eigenvalue weighted by molar-refractivity contribution is 0.0362. The Kier molecular flexibility index (Phi) is 3.34. The molecule has 2 nitrogen and oxygen atoms in total. The van der Waals surface area contributed by atoms with Gasteiger partial charge in [-0.25, -0.2) is 0 Å². The van der Waals surface area contributed by atoms with Gasteiger partial charge in [0.05, 0.1) is 12.2 Å². The molecule has 0 saturated carbocycles. The standard InChI is InChI=1S/C9H18O2/c1-7(6-10)5-9-4-3-8(2)11-9/h7-10H,3-6H2,1-2H3. The van der Waals surface area contributed by atoms with Gasteiger partial charge in [0.25, 0.3) is 0 Å². The van der Waals surface area contributed by atoms with Crippen LogP contribution in [0.25, 0.3) is 0 Å². The first-order valence-corrected chi connectivity index (χ1v) is 4.48. The monoisotopic (exact) mass is 158 g/mol. The normalized spacial score (nSPS) is 34.1. The highest BCUT2D eigenvalue weighted by Gasteiger charge is 2.22. The van der Waals surface area contributed by atoms with Crippen LogP contribution in [-0.2, 0) is 4.74 Å². The molecule has 2 heteroatoms. The van der Waals surface area contributed by atoms with Gasteiger partial charge >= 0.3 is 0 Å². The number of aliphatic hydroxyl groups is 1.